The second kappa shape index (κ2) is 23.8. The van der Waals surface area contributed by atoms with Crippen molar-refractivity contribution in [3.8, 4) is 5.75 Å². The molecular weight excluding hydrogens is 1000 g/mol. The third kappa shape index (κ3) is 13.4. The number of aliphatic hydroxyl groups is 3. The number of hydrogen-bond donors (Lipinski definition) is 8. The minimum atomic E-state index is -4.37. The van der Waals surface area contributed by atoms with Gasteiger partial charge in [0.25, 0.3) is 0 Å². The Bertz CT molecular complexity index is 2890. The summed E-state index contributed by atoms with van der Waals surface area (Å²) in [4.78, 5) is 85.5. The lowest BCUT2D eigenvalue weighted by molar-refractivity contribution is -0.271. The van der Waals surface area contributed by atoms with E-state index in [0.29, 0.717) is 37.1 Å². The number of carbonyl (C=O) groups is 6. The average Bonchev–Trinajstić information content (AvgIpc) is 4.15. The summed E-state index contributed by atoms with van der Waals surface area (Å²) in [5.74, 6) is -3.60. The van der Waals surface area contributed by atoms with Crippen LogP contribution in [0.5, 0.6) is 5.75 Å². The first kappa shape index (κ1) is 54.5. The van der Waals surface area contributed by atoms with Crippen LogP contribution in [0.3, 0.4) is 0 Å². The standard InChI is InChI=1S/C49H60N8O17S/c1-26-19-39(60)57(46(26)64)17-6-2-3-9-37(58)51-16-14-38(59)54-34-20-27(10-13-35(34)72-48-42(63)40(61)41(62)43(74-48)47(65)66)23-70-49(67)73-36-22-30(21-29(36)24-71-75(50,68)69)56-18-15-32-44(52-25-53-45(32)56)55-33-12-11-28-7-4-5-8-31(28)33/h4-5,7-8,10,13,15,18,20,25-26,29-30,33,36,40-43,48,61-63H,2-3,6,9,11-12,14,16-17,19,21-24H2,1H3,(H,51,58)(H,54,59)(H,65,66)(H2,50,68,69)(H,52,53,55)/t26?,29-,30+,33-,36+,40-,41-,42+,43-,48+/m0/s1. The Balaban J connectivity index is 0.896. The summed E-state index contributed by atoms with van der Waals surface area (Å²) >= 11 is 0. The smallest absolute Gasteiger partial charge is 0.479 e. The van der Waals surface area contributed by atoms with Gasteiger partial charge in [0, 0.05) is 62.8 Å². The number of unbranched alkanes of at least 4 members (excludes halogenated alkanes) is 2. The number of nitrogens with one attached hydrogen (secondary N) is 3. The zero-order valence-corrected chi connectivity index (χ0v) is 41.6. The van der Waals surface area contributed by atoms with E-state index in [1.54, 1.807) is 6.92 Å². The molecule has 25 nitrogen and oxygen atoms in total. The van der Waals surface area contributed by atoms with Crippen LogP contribution < -0.4 is 25.8 Å². The van der Waals surface area contributed by atoms with Gasteiger partial charge in [-0.3, -0.25) is 28.3 Å². The van der Waals surface area contributed by atoms with Crippen LogP contribution >= 0.6 is 0 Å². The third-order valence-electron chi connectivity index (χ3n) is 13.8. The number of aromatic nitrogens is 3. The number of rotatable bonds is 22. The molecule has 2 saturated heterocycles. The van der Waals surface area contributed by atoms with Crippen LogP contribution in [0.4, 0.5) is 16.3 Å². The van der Waals surface area contributed by atoms with Gasteiger partial charge in [-0.1, -0.05) is 43.7 Å². The fourth-order valence-corrected chi connectivity index (χ4v) is 10.3. The Labute approximate surface area is 430 Å². The van der Waals surface area contributed by atoms with E-state index in [1.165, 1.54) is 40.6 Å². The summed E-state index contributed by atoms with van der Waals surface area (Å²) in [7, 11) is -4.37. The molecule has 404 valence electrons. The van der Waals surface area contributed by atoms with Gasteiger partial charge in [-0.2, -0.15) is 8.42 Å². The summed E-state index contributed by atoms with van der Waals surface area (Å²) in [6.07, 6.45) is -4.58. The Hall–Kier alpha value is -6.81. The molecule has 0 spiro atoms. The molecule has 2 aliphatic carbocycles. The minimum absolute atomic E-state index is 0.0543. The van der Waals surface area contributed by atoms with Crippen LogP contribution in [-0.4, -0.2) is 141 Å². The van der Waals surface area contributed by atoms with Gasteiger partial charge in [-0.25, -0.2) is 24.7 Å². The number of aliphatic carboxylic acids is 1. The van der Waals surface area contributed by atoms with Crippen molar-refractivity contribution in [2.75, 3.05) is 30.3 Å². The molecule has 8 rings (SSSR count). The van der Waals surface area contributed by atoms with E-state index in [1.807, 2.05) is 29.0 Å². The summed E-state index contributed by atoms with van der Waals surface area (Å²) in [5.41, 5.74) is 3.23. The van der Waals surface area contributed by atoms with Crippen molar-refractivity contribution in [2.24, 2.45) is 17.0 Å². The maximum Gasteiger partial charge on any atom is 0.508 e. The summed E-state index contributed by atoms with van der Waals surface area (Å²) in [6, 6.07) is 13.8. The molecule has 1 unspecified atom stereocenters. The van der Waals surface area contributed by atoms with Crippen molar-refractivity contribution in [3.05, 3.63) is 77.7 Å². The minimum Gasteiger partial charge on any atom is -0.479 e. The van der Waals surface area contributed by atoms with Crippen molar-refractivity contribution in [1.29, 1.82) is 0 Å². The quantitative estimate of drug-likeness (QED) is 0.0317. The molecule has 9 N–H and O–H groups in total. The fraction of sp³-hybridized carbons (Fsp3) is 0.510. The van der Waals surface area contributed by atoms with Crippen LogP contribution in [0.1, 0.15) is 93.5 Å². The highest BCUT2D eigenvalue weighted by Crippen LogP contribution is 2.41. The number of nitrogens with zero attached hydrogens (tertiary/aromatic N) is 4. The number of likely N-dealkylation sites (tertiary alicyclic amines) is 1. The number of benzene rings is 2. The molecule has 4 heterocycles. The number of nitrogens with two attached hydrogens (primary N) is 1. The summed E-state index contributed by atoms with van der Waals surface area (Å²) in [6.45, 7) is 1.04. The van der Waals surface area contributed by atoms with Gasteiger partial charge in [0.05, 0.1) is 23.7 Å². The molecule has 0 radical (unpaired) electrons. The zero-order chi connectivity index (χ0) is 53.6. The van der Waals surface area contributed by atoms with Crippen LogP contribution in [0.25, 0.3) is 11.0 Å². The molecule has 75 heavy (non-hydrogen) atoms. The van der Waals surface area contributed by atoms with Crippen molar-refractivity contribution < 1.29 is 80.7 Å². The van der Waals surface area contributed by atoms with Gasteiger partial charge in [0.1, 0.15) is 54.6 Å². The number of amides is 4. The molecule has 4 aromatic rings. The first-order chi connectivity index (χ1) is 35.8. The Morgan fingerprint density at radius 1 is 0.947 bits per heavy atom. The lowest BCUT2D eigenvalue weighted by Gasteiger charge is -2.38. The van der Waals surface area contributed by atoms with Crippen molar-refractivity contribution in [2.45, 2.75) is 127 Å². The van der Waals surface area contributed by atoms with Gasteiger partial charge >= 0.3 is 22.4 Å². The fourth-order valence-electron chi connectivity index (χ4n) is 9.91. The number of fused-ring (bicyclic) bond motifs is 2. The monoisotopic (exact) mass is 1060 g/mol. The Kier molecular flexibility index (Phi) is 17.3. The van der Waals surface area contributed by atoms with Crippen LogP contribution in [-0.2, 0) is 65.7 Å². The van der Waals surface area contributed by atoms with E-state index in [2.05, 4.69) is 38.1 Å². The predicted octanol–water partition coefficient (Wildman–Crippen LogP) is 2.10. The van der Waals surface area contributed by atoms with Gasteiger partial charge < -0.3 is 59.9 Å². The van der Waals surface area contributed by atoms with Gasteiger partial charge in [-0.15, -0.1) is 0 Å². The normalized spacial score (nSPS) is 25.5. The average molecular weight is 1070 g/mol. The molecule has 2 aromatic heterocycles. The first-order valence-electron chi connectivity index (χ1n) is 24.6. The number of imide groups is 1. The highest BCUT2D eigenvalue weighted by atomic mass is 32.2. The third-order valence-corrected chi connectivity index (χ3v) is 14.3. The second-order valence-electron chi connectivity index (χ2n) is 19.1. The second-order valence-corrected chi connectivity index (χ2v) is 20.3. The lowest BCUT2D eigenvalue weighted by Crippen LogP contribution is -2.61. The summed E-state index contributed by atoms with van der Waals surface area (Å²) in [5, 5.41) is 55.6. The lowest BCUT2D eigenvalue weighted by atomic mass is 9.99. The number of carbonyl (C=O) groups excluding carboxylic acids is 5. The zero-order valence-electron chi connectivity index (χ0n) is 40.8. The molecule has 0 bridgehead atoms. The molecule has 3 fully saturated rings. The van der Waals surface area contributed by atoms with E-state index in [0.717, 1.165) is 18.2 Å². The highest BCUT2D eigenvalue weighted by Gasteiger charge is 2.48. The van der Waals surface area contributed by atoms with E-state index < -0.39 is 84.3 Å². The predicted molar refractivity (Wildman–Crippen MR) is 261 cm³/mol. The largest absolute Gasteiger partial charge is 0.508 e. The van der Waals surface area contributed by atoms with Crippen LogP contribution in [0.2, 0.25) is 0 Å². The maximum absolute atomic E-state index is 13.4. The van der Waals surface area contributed by atoms with Crippen molar-refractivity contribution in [1.82, 2.24) is 24.8 Å². The molecule has 2 aromatic carbocycles. The van der Waals surface area contributed by atoms with Crippen LogP contribution in [0.15, 0.2) is 61.1 Å². The summed E-state index contributed by atoms with van der Waals surface area (Å²) < 4.78 is 52.9. The number of hydrogen-bond acceptors (Lipinski definition) is 19. The Morgan fingerprint density at radius 3 is 2.51 bits per heavy atom. The van der Waals surface area contributed by atoms with Crippen LogP contribution in [0, 0.1) is 11.8 Å². The van der Waals surface area contributed by atoms with Crippen molar-refractivity contribution >= 4 is 68.6 Å². The maximum atomic E-state index is 13.4. The molecule has 4 aliphatic rings. The van der Waals surface area contributed by atoms with Gasteiger partial charge in [0.2, 0.25) is 29.9 Å². The molecule has 2 aliphatic heterocycles. The number of aliphatic hydroxyl groups excluding tert-OH is 3. The number of ether oxygens (including phenoxy) is 4. The molecule has 10 atom stereocenters. The number of aryl methyl sites for hydroxylation is 1. The topological polar surface area (TPSA) is 360 Å². The highest BCUT2D eigenvalue weighted by molar-refractivity contribution is 7.84. The molecule has 1 saturated carbocycles. The van der Waals surface area contributed by atoms with E-state index in [9.17, 15) is 57.6 Å². The molecule has 26 heteroatoms. The van der Waals surface area contributed by atoms with Gasteiger partial charge in [-0.05, 0) is 67.0 Å². The SMILES string of the molecule is CC1CC(=O)N(CCCCCC(=O)NCCC(=O)Nc2cc(COC(=O)O[C@@H]3C[C@H](n4ccc5c(N[C@H]6CCc7ccccc76)ncnc54)C[C@H]3COS(N)(=O)=O)ccc2O[C@@H]2O[C@H](C(=O)O)[C@@H](O)[C@H](O)[C@H]2O)C1=O. The van der Waals surface area contributed by atoms with E-state index >= 15 is 0 Å². The van der Waals surface area contributed by atoms with E-state index in [-0.39, 0.29) is 91.5 Å². The molecular formula is C49H60N8O17S. The first-order valence-corrected chi connectivity index (χ1v) is 26.1. The van der Waals surface area contributed by atoms with Gasteiger partial charge in [0.15, 0.2) is 6.10 Å². The van der Waals surface area contributed by atoms with Crippen molar-refractivity contribution in [3.63, 3.8) is 0 Å². The van der Waals surface area contributed by atoms with E-state index in [4.69, 9.17) is 28.3 Å². The molecule has 4 amide bonds. The number of carboxylic acids is 1. The number of anilines is 2. The number of carboxylic acid groups (broad SMARTS) is 1. The Morgan fingerprint density at radius 2 is 1.75 bits per heavy atom.